The quantitative estimate of drug-likeness (QED) is 0.388. The van der Waals surface area contributed by atoms with Gasteiger partial charge < -0.3 is 0 Å². The number of thiazole rings is 1. The van der Waals surface area contributed by atoms with Crippen molar-refractivity contribution in [2.75, 3.05) is 5.32 Å². The fraction of sp³-hybridized carbons (Fsp3) is 0.143. The van der Waals surface area contributed by atoms with E-state index < -0.39 is 0 Å². The zero-order valence-electron chi connectivity index (χ0n) is 15.6. The number of benzene rings is 1. The second kappa shape index (κ2) is 9.67. The van der Waals surface area contributed by atoms with Crippen LogP contribution in [0.1, 0.15) is 23.0 Å². The predicted octanol–water partition coefficient (Wildman–Crippen LogP) is 7.09. The smallest absolute Gasteiger partial charge is 0.297 e. The second-order valence-electron chi connectivity index (χ2n) is 6.25. The molecule has 8 heteroatoms. The van der Waals surface area contributed by atoms with Gasteiger partial charge in [0.05, 0.1) is 19.1 Å². The van der Waals surface area contributed by atoms with Crippen LogP contribution in [0.25, 0.3) is 0 Å². The van der Waals surface area contributed by atoms with E-state index in [0.29, 0.717) is 0 Å². The lowest BCUT2D eigenvalue weighted by molar-refractivity contribution is 0.257. The third-order valence-corrected chi connectivity index (χ3v) is 8.13. The Morgan fingerprint density at radius 1 is 1.10 bits per heavy atom. The van der Waals surface area contributed by atoms with Crippen LogP contribution in [0, 0.1) is 6.92 Å². The van der Waals surface area contributed by atoms with E-state index in [-0.39, 0.29) is 11.9 Å². The van der Waals surface area contributed by atoms with Crippen LogP contribution in [0.3, 0.4) is 0 Å². The van der Waals surface area contributed by atoms with Crippen molar-refractivity contribution in [3.63, 3.8) is 0 Å². The monoisotopic (exact) mass is 457 g/mol. The van der Waals surface area contributed by atoms with Crippen LogP contribution < -0.4 is 10.0 Å². The number of aromatic nitrogens is 1. The Bertz CT molecular complexity index is 1040. The van der Waals surface area contributed by atoms with Crippen LogP contribution in [-0.2, 0) is 0 Å². The van der Waals surface area contributed by atoms with Gasteiger partial charge in [0.1, 0.15) is 5.00 Å². The molecule has 2 amide bonds. The number of carbonyl (C=O) groups excluding carboxylic acids is 1. The van der Waals surface area contributed by atoms with Crippen molar-refractivity contribution < 1.29 is 4.79 Å². The van der Waals surface area contributed by atoms with Crippen LogP contribution >= 0.6 is 46.4 Å². The maximum atomic E-state index is 12.4. The van der Waals surface area contributed by atoms with Crippen LogP contribution in [-0.4, -0.2) is 11.0 Å². The highest BCUT2D eigenvalue weighted by Gasteiger charge is 2.19. The molecule has 2 N–H and O–H groups in total. The highest BCUT2D eigenvalue weighted by Crippen LogP contribution is 2.37. The predicted molar refractivity (Wildman–Crippen MR) is 125 cm³/mol. The average molecular weight is 458 g/mol. The van der Waals surface area contributed by atoms with Crippen molar-refractivity contribution >= 4 is 57.4 Å². The summed E-state index contributed by atoms with van der Waals surface area (Å²) >= 11 is 6.23. The summed E-state index contributed by atoms with van der Waals surface area (Å²) < 4.78 is 5.11. The number of nitrogens with zero attached hydrogens (tertiary/aromatic N) is 1. The molecule has 0 fully saturated rings. The van der Waals surface area contributed by atoms with Gasteiger partial charge in [-0.05, 0) is 49.6 Å². The molecule has 4 nitrogen and oxygen atoms in total. The standard InChI is InChI=1S/C21H19N3OS4/c1-14-22-19(15-8-4-2-5-9-15)20(26-14)23-21(25)24-29-18-13-12-17(28-18)27-16-10-6-3-7-11-16/h2-8,10-13,15H,9H2,1H3,(H2,23,24,25). The molecule has 1 aliphatic carbocycles. The lowest BCUT2D eigenvalue weighted by atomic mass is 9.97. The molecule has 0 saturated carbocycles. The van der Waals surface area contributed by atoms with Gasteiger partial charge in [-0.1, -0.05) is 54.3 Å². The van der Waals surface area contributed by atoms with E-state index in [1.807, 2.05) is 43.3 Å². The number of thiophene rings is 1. The Balaban J connectivity index is 1.33. The number of hydrogen-bond acceptors (Lipinski definition) is 6. The van der Waals surface area contributed by atoms with Gasteiger partial charge in [-0.3, -0.25) is 10.0 Å². The van der Waals surface area contributed by atoms with E-state index >= 15 is 0 Å². The van der Waals surface area contributed by atoms with Gasteiger partial charge in [-0.25, -0.2) is 9.78 Å². The highest BCUT2D eigenvalue weighted by atomic mass is 32.2. The van der Waals surface area contributed by atoms with Gasteiger partial charge in [0, 0.05) is 10.8 Å². The number of nitrogens with one attached hydrogen (secondary N) is 2. The van der Waals surface area contributed by atoms with Crippen LogP contribution in [0.2, 0.25) is 0 Å². The van der Waals surface area contributed by atoms with Crippen molar-refractivity contribution in [2.45, 2.75) is 32.6 Å². The summed E-state index contributed by atoms with van der Waals surface area (Å²) in [5.74, 6) is 0.211. The fourth-order valence-corrected chi connectivity index (χ4v) is 6.65. The topological polar surface area (TPSA) is 54.0 Å². The zero-order chi connectivity index (χ0) is 20.1. The van der Waals surface area contributed by atoms with Gasteiger partial charge in [0.2, 0.25) is 0 Å². The van der Waals surface area contributed by atoms with Crippen molar-refractivity contribution in [2.24, 2.45) is 0 Å². The number of allylic oxidation sites excluding steroid dienone is 4. The molecule has 0 aliphatic heterocycles. The van der Waals surface area contributed by atoms with Crippen LogP contribution in [0.5, 0.6) is 0 Å². The van der Waals surface area contributed by atoms with Crippen LogP contribution in [0.4, 0.5) is 9.80 Å². The third-order valence-electron chi connectivity index (χ3n) is 4.08. The Hall–Kier alpha value is -2.00. The lowest BCUT2D eigenvalue weighted by Gasteiger charge is -2.13. The second-order valence-corrected chi connectivity index (χ2v) is 11.0. The van der Waals surface area contributed by atoms with Crippen molar-refractivity contribution in [3.05, 3.63) is 77.5 Å². The maximum absolute atomic E-state index is 12.4. The molecule has 2 heterocycles. The largest absolute Gasteiger partial charge is 0.330 e. The van der Waals surface area contributed by atoms with E-state index in [1.54, 1.807) is 23.1 Å². The summed E-state index contributed by atoms with van der Waals surface area (Å²) in [6.07, 6.45) is 9.23. The fourth-order valence-electron chi connectivity index (χ4n) is 2.81. The molecule has 0 radical (unpaired) electrons. The van der Waals surface area contributed by atoms with Crippen molar-refractivity contribution in [1.29, 1.82) is 0 Å². The molecule has 148 valence electrons. The Morgan fingerprint density at radius 2 is 1.93 bits per heavy atom. The molecule has 1 unspecified atom stereocenters. The Kier molecular flexibility index (Phi) is 6.76. The number of urea groups is 1. The molecule has 3 aromatic rings. The van der Waals surface area contributed by atoms with Gasteiger partial charge in [0.15, 0.2) is 0 Å². The minimum absolute atomic E-state index is 0.211. The highest BCUT2D eigenvalue weighted by molar-refractivity contribution is 8.03. The lowest BCUT2D eigenvalue weighted by Crippen LogP contribution is -2.22. The Morgan fingerprint density at radius 3 is 2.72 bits per heavy atom. The van der Waals surface area contributed by atoms with E-state index in [1.165, 1.54) is 32.4 Å². The van der Waals surface area contributed by atoms with Gasteiger partial charge in [-0.2, -0.15) is 0 Å². The van der Waals surface area contributed by atoms with E-state index in [9.17, 15) is 4.79 Å². The van der Waals surface area contributed by atoms with Crippen LogP contribution in [0.15, 0.2) is 80.1 Å². The summed E-state index contributed by atoms with van der Waals surface area (Å²) in [7, 11) is 0. The van der Waals surface area contributed by atoms with E-state index in [4.69, 9.17) is 0 Å². The minimum Gasteiger partial charge on any atom is -0.297 e. The number of aryl methyl sites for hydroxylation is 1. The minimum atomic E-state index is -0.235. The van der Waals surface area contributed by atoms with E-state index in [2.05, 4.69) is 45.4 Å². The first-order chi connectivity index (χ1) is 14.2. The number of rotatable bonds is 6. The SMILES string of the molecule is Cc1nc(C2C=CC=CC2)c(NC(=O)NSc2ccc(Sc3ccccc3)s2)s1. The van der Waals surface area contributed by atoms with Crippen molar-refractivity contribution in [1.82, 2.24) is 9.71 Å². The maximum Gasteiger partial charge on any atom is 0.330 e. The molecule has 0 bridgehead atoms. The average Bonchev–Trinajstić information content (AvgIpc) is 3.34. The molecule has 0 saturated heterocycles. The summed E-state index contributed by atoms with van der Waals surface area (Å²) in [6, 6.07) is 14.1. The van der Waals surface area contributed by atoms with E-state index in [0.717, 1.165) is 26.3 Å². The summed E-state index contributed by atoms with van der Waals surface area (Å²) in [5.41, 5.74) is 0.936. The molecular weight excluding hydrogens is 439 g/mol. The zero-order valence-corrected chi connectivity index (χ0v) is 18.9. The van der Waals surface area contributed by atoms with Gasteiger partial charge in [0.25, 0.3) is 0 Å². The third kappa shape index (κ3) is 5.54. The normalized spacial score (nSPS) is 15.4. The first-order valence-corrected chi connectivity index (χ1v) is 12.3. The molecular formula is C21H19N3OS4. The summed E-state index contributed by atoms with van der Waals surface area (Å²) in [4.78, 5) is 18.3. The van der Waals surface area contributed by atoms with Gasteiger partial charge >= 0.3 is 6.03 Å². The molecule has 0 spiro atoms. The van der Waals surface area contributed by atoms with Crippen molar-refractivity contribution in [3.8, 4) is 0 Å². The number of carbonyl (C=O) groups is 1. The first kappa shape index (κ1) is 20.3. The molecule has 2 aromatic heterocycles. The number of anilines is 1. The number of amides is 2. The summed E-state index contributed by atoms with van der Waals surface area (Å²) in [6.45, 7) is 1.96. The molecule has 1 aliphatic rings. The summed E-state index contributed by atoms with van der Waals surface area (Å²) in [5, 5.41) is 4.74. The molecule has 29 heavy (non-hydrogen) atoms. The molecule has 1 atom stereocenters. The molecule has 1 aromatic carbocycles. The first-order valence-electron chi connectivity index (χ1n) is 9.04. The Labute approximate surface area is 186 Å². The molecule has 4 rings (SSSR count). The van der Waals surface area contributed by atoms with Gasteiger partial charge in [-0.15, -0.1) is 22.7 Å². The number of hydrogen-bond donors (Lipinski definition) is 2.